The molecule has 13 heavy (non-hydrogen) atoms. The molecule has 1 fully saturated rings. The molecule has 1 rings (SSSR count). The Morgan fingerprint density at radius 2 is 2.08 bits per heavy atom. The number of rotatable bonds is 3. The Morgan fingerprint density at radius 1 is 1.46 bits per heavy atom. The predicted molar refractivity (Wildman–Crippen MR) is 39.5 cm³/mol. The number of phosphoric acid groups is 1. The largest absolute Gasteiger partial charge is 0.469 e. The van der Waals surface area contributed by atoms with Gasteiger partial charge in [-0.2, -0.15) is 0 Å². The quantitative estimate of drug-likeness (QED) is 0.425. The second-order valence-corrected chi connectivity index (χ2v) is 3.98. The van der Waals surface area contributed by atoms with Gasteiger partial charge in [-0.3, -0.25) is 4.52 Å². The molecule has 3 atom stereocenters. The molecule has 0 amide bonds. The van der Waals surface area contributed by atoms with Crippen molar-refractivity contribution in [3.05, 3.63) is 0 Å². The van der Waals surface area contributed by atoms with Gasteiger partial charge in [0.25, 0.3) is 0 Å². The van der Waals surface area contributed by atoms with Crippen LogP contribution in [0.1, 0.15) is 6.42 Å². The van der Waals surface area contributed by atoms with E-state index < -0.39 is 26.3 Å². The van der Waals surface area contributed by atoms with Crippen molar-refractivity contribution < 1.29 is 33.8 Å². The SMILES string of the molecule is O=P(O)(O)OCC1CC(O)C(O)O1. The van der Waals surface area contributed by atoms with Crippen LogP contribution in [0.2, 0.25) is 0 Å². The van der Waals surface area contributed by atoms with Crippen molar-refractivity contribution in [2.24, 2.45) is 0 Å². The molecule has 0 saturated carbocycles. The van der Waals surface area contributed by atoms with Crippen LogP contribution in [0.15, 0.2) is 0 Å². The minimum atomic E-state index is -4.50. The summed E-state index contributed by atoms with van der Waals surface area (Å²) in [5.74, 6) is 0. The molecule has 0 aromatic heterocycles. The van der Waals surface area contributed by atoms with Gasteiger partial charge in [0.2, 0.25) is 0 Å². The third-order valence-corrected chi connectivity index (χ3v) is 2.08. The van der Waals surface area contributed by atoms with Gasteiger partial charge in [-0.15, -0.1) is 0 Å². The molecule has 0 aromatic carbocycles. The topological polar surface area (TPSA) is 116 Å². The fraction of sp³-hybridized carbons (Fsp3) is 1.00. The second kappa shape index (κ2) is 4.02. The molecule has 1 heterocycles. The van der Waals surface area contributed by atoms with Gasteiger partial charge in [0.1, 0.15) is 6.10 Å². The Hall–Kier alpha value is -0.0100. The van der Waals surface area contributed by atoms with Crippen molar-refractivity contribution >= 4 is 7.82 Å². The second-order valence-electron chi connectivity index (χ2n) is 2.74. The summed E-state index contributed by atoms with van der Waals surface area (Å²) in [5.41, 5.74) is 0. The zero-order valence-corrected chi connectivity index (χ0v) is 7.50. The van der Waals surface area contributed by atoms with E-state index in [0.29, 0.717) is 0 Å². The maximum Gasteiger partial charge on any atom is 0.469 e. The Bertz CT molecular complexity index is 203. The molecule has 1 aliphatic rings. The summed E-state index contributed by atoms with van der Waals surface area (Å²) in [4.78, 5) is 16.6. The Kier molecular flexibility index (Phi) is 3.42. The van der Waals surface area contributed by atoms with Crippen molar-refractivity contribution in [2.45, 2.75) is 24.9 Å². The maximum absolute atomic E-state index is 10.2. The summed E-state index contributed by atoms with van der Waals surface area (Å²) in [5, 5.41) is 17.8. The average Bonchev–Trinajstić information content (AvgIpc) is 2.27. The van der Waals surface area contributed by atoms with Crippen LogP contribution in [0.4, 0.5) is 0 Å². The van der Waals surface area contributed by atoms with Crippen LogP contribution in [-0.4, -0.2) is 45.1 Å². The highest BCUT2D eigenvalue weighted by Crippen LogP contribution is 2.36. The molecule has 4 N–H and O–H groups in total. The molecule has 0 aromatic rings. The summed E-state index contributed by atoms with van der Waals surface area (Å²) in [6, 6.07) is 0. The van der Waals surface area contributed by atoms with E-state index in [9.17, 15) is 4.57 Å². The van der Waals surface area contributed by atoms with Gasteiger partial charge in [0, 0.05) is 6.42 Å². The first kappa shape index (κ1) is 11.1. The number of phosphoric ester groups is 1. The van der Waals surface area contributed by atoms with Gasteiger partial charge >= 0.3 is 7.82 Å². The summed E-state index contributed by atoms with van der Waals surface area (Å²) >= 11 is 0. The van der Waals surface area contributed by atoms with Crippen molar-refractivity contribution in [3.8, 4) is 0 Å². The van der Waals surface area contributed by atoms with Crippen LogP contribution in [-0.2, 0) is 13.8 Å². The molecule has 3 unspecified atom stereocenters. The highest BCUT2D eigenvalue weighted by Gasteiger charge is 2.33. The highest BCUT2D eigenvalue weighted by molar-refractivity contribution is 7.46. The fourth-order valence-corrected chi connectivity index (χ4v) is 1.38. The van der Waals surface area contributed by atoms with Crippen LogP contribution in [0.25, 0.3) is 0 Å². The summed E-state index contributed by atoms with van der Waals surface area (Å²) < 4.78 is 19.1. The molecule has 0 bridgehead atoms. The van der Waals surface area contributed by atoms with E-state index in [4.69, 9.17) is 24.7 Å². The van der Waals surface area contributed by atoms with Gasteiger partial charge in [-0.25, -0.2) is 4.57 Å². The van der Waals surface area contributed by atoms with Crippen molar-refractivity contribution in [1.29, 1.82) is 0 Å². The molecule has 1 saturated heterocycles. The van der Waals surface area contributed by atoms with E-state index in [-0.39, 0.29) is 13.0 Å². The Balaban J connectivity index is 2.29. The van der Waals surface area contributed by atoms with Gasteiger partial charge in [-0.05, 0) is 0 Å². The Labute approximate surface area is 74.1 Å². The summed E-state index contributed by atoms with van der Waals surface area (Å²) in [7, 11) is -4.50. The van der Waals surface area contributed by atoms with E-state index >= 15 is 0 Å². The standard InChI is InChI=1S/C5H11O7P/c6-4-1-3(12-5(4)7)2-11-13(8,9)10/h3-7H,1-2H2,(H2,8,9,10). The van der Waals surface area contributed by atoms with Crippen molar-refractivity contribution in [2.75, 3.05) is 6.61 Å². The molecule has 0 aliphatic carbocycles. The minimum absolute atomic E-state index is 0.0984. The van der Waals surface area contributed by atoms with Crippen LogP contribution >= 0.6 is 7.82 Å². The smallest absolute Gasteiger partial charge is 0.388 e. The monoisotopic (exact) mass is 214 g/mol. The first-order valence-corrected chi connectivity index (χ1v) is 5.13. The lowest BCUT2D eigenvalue weighted by atomic mass is 10.2. The van der Waals surface area contributed by atoms with Gasteiger partial charge < -0.3 is 24.7 Å². The molecule has 1 aliphatic heterocycles. The summed E-state index contributed by atoms with van der Waals surface area (Å²) in [6.07, 6.45) is -2.91. The van der Waals surface area contributed by atoms with E-state index in [0.717, 1.165) is 0 Å². The summed E-state index contributed by atoms with van der Waals surface area (Å²) in [6.45, 7) is -0.349. The number of aliphatic hydroxyl groups is 2. The molecule has 7 nitrogen and oxygen atoms in total. The zero-order chi connectivity index (χ0) is 10.1. The first-order chi connectivity index (χ1) is 5.88. The molecular formula is C5H11O7P. The number of ether oxygens (including phenoxy) is 1. The lowest BCUT2D eigenvalue weighted by Gasteiger charge is -2.10. The van der Waals surface area contributed by atoms with Crippen molar-refractivity contribution in [3.63, 3.8) is 0 Å². The van der Waals surface area contributed by atoms with Gasteiger partial charge in [0.15, 0.2) is 6.29 Å². The first-order valence-electron chi connectivity index (χ1n) is 3.60. The lowest BCUT2D eigenvalue weighted by molar-refractivity contribution is -0.132. The predicted octanol–water partition coefficient (Wildman–Crippen LogP) is -1.44. The van der Waals surface area contributed by atoms with Crippen LogP contribution in [0.5, 0.6) is 0 Å². The van der Waals surface area contributed by atoms with Gasteiger partial charge in [0.05, 0.1) is 12.7 Å². The lowest BCUT2D eigenvalue weighted by Crippen LogP contribution is -2.19. The van der Waals surface area contributed by atoms with E-state index in [1.165, 1.54) is 0 Å². The van der Waals surface area contributed by atoms with Crippen LogP contribution in [0, 0.1) is 0 Å². The molecule has 8 heteroatoms. The number of hydrogen-bond acceptors (Lipinski definition) is 5. The number of aliphatic hydroxyl groups excluding tert-OH is 2. The molecular weight excluding hydrogens is 203 g/mol. The van der Waals surface area contributed by atoms with E-state index in [1.54, 1.807) is 0 Å². The minimum Gasteiger partial charge on any atom is -0.388 e. The Morgan fingerprint density at radius 3 is 2.46 bits per heavy atom. The molecule has 0 radical (unpaired) electrons. The maximum atomic E-state index is 10.2. The van der Waals surface area contributed by atoms with Crippen LogP contribution < -0.4 is 0 Å². The normalized spacial score (nSPS) is 35.2. The zero-order valence-electron chi connectivity index (χ0n) is 6.61. The highest BCUT2D eigenvalue weighted by atomic mass is 31.2. The van der Waals surface area contributed by atoms with Crippen LogP contribution in [0.3, 0.4) is 0 Å². The van der Waals surface area contributed by atoms with Crippen molar-refractivity contribution in [1.82, 2.24) is 0 Å². The molecule has 0 spiro atoms. The number of hydrogen-bond donors (Lipinski definition) is 4. The fourth-order valence-electron chi connectivity index (χ4n) is 1.02. The average molecular weight is 214 g/mol. The molecule has 78 valence electrons. The van der Waals surface area contributed by atoms with Gasteiger partial charge in [-0.1, -0.05) is 0 Å². The third kappa shape index (κ3) is 3.70. The van der Waals surface area contributed by atoms with E-state index in [1.807, 2.05) is 0 Å². The van der Waals surface area contributed by atoms with E-state index in [2.05, 4.69) is 4.52 Å². The third-order valence-electron chi connectivity index (χ3n) is 1.59.